The van der Waals surface area contributed by atoms with Crippen LogP contribution in [0.15, 0.2) is 43.1 Å². The SMILES string of the molecule is C=CC(=O)N1C[C@@H]2COc3cnc4c(F)c(-c5c(O)cccc5F)c(Cl)cc4c3N2C[C@H]1C. The zero-order chi connectivity index (χ0) is 23.4. The van der Waals surface area contributed by atoms with Crippen LogP contribution in [0, 0.1) is 11.6 Å². The fourth-order valence-electron chi connectivity index (χ4n) is 4.69. The van der Waals surface area contributed by atoms with Crippen molar-refractivity contribution in [2.75, 3.05) is 24.6 Å². The highest BCUT2D eigenvalue weighted by atomic mass is 35.5. The molecule has 2 atom stereocenters. The highest BCUT2D eigenvalue weighted by molar-refractivity contribution is 6.34. The number of phenols is 1. The number of halogens is 3. The summed E-state index contributed by atoms with van der Waals surface area (Å²) >= 11 is 6.45. The van der Waals surface area contributed by atoms with Crippen molar-refractivity contribution in [1.29, 1.82) is 0 Å². The third-order valence-electron chi connectivity index (χ3n) is 6.25. The summed E-state index contributed by atoms with van der Waals surface area (Å²) in [6.07, 6.45) is 2.72. The van der Waals surface area contributed by atoms with Gasteiger partial charge in [-0.3, -0.25) is 4.79 Å². The molecule has 0 aliphatic carbocycles. The van der Waals surface area contributed by atoms with Gasteiger partial charge in [0.05, 0.1) is 28.5 Å². The number of rotatable bonds is 2. The minimum absolute atomic E-state index is 0.0164. The van der Waals surface area contributed by atoms with E-state index in [-0.39, 0.29) is 39.7 Å². The largest absolute Gasteiger partial charge is 0.507 e. The first-order chi connectivity index (χ1) is 15.8. The van der Waals surface area contributed by atoms with Gasteiger partial charge in [0, 0.05) is 30.1 Å². The Hall–Kier alpha value is -3.39. The molecule has 0 radical (unpaired) electrons. The maximum absolute atomic E-state index is 15.7. The topological polar surface area (TPSA) is 65.9 Å². The van der Waals surface area contributed by atoms with Crippen LogP contribution >= 0.6 is 11.6 Å². The molecule has 2 aliphatic heterocycles. The van der Waals surface area contributed by atoms with E-state index in [2.05, 4.69) is 16.5 Å². The van der Waals surface area contributed by atoms with E-state index in [1.807, 2.05) is 6.92 Å². The number of nitrogens with zero attached hydrogens (tertiary/aromatic N) is 3. The van der Waals surface area contributed by atoms with E-state index < -0.39 is 17.4 Å². The lowest BCUT2D eigenvalue weighted by molar-refractivity contribution is -0.129. The molecule has 6 nitrogen and oxygen atoms in total. The molecule has 1 amide bonds. The Morgan fingerprint density at radius 2 is 2.12 bits per heavy atom. The summed E-state index contributed by atoms with van der Waals surface area (Å²) in [5.74, 6) is -1.74. The second-order valence-electron chi connectivity index (χ2n) is 8.21. The van der Waals surface area contributed by atoms with Crippen molar-refractivity contribution in [2.45, 2.75) is 19.0 Å². The van der Waals surface area contributed by atoms with Crippen molar-refractivity contribution in [3.63, 3.8) is 0 Å². The Labute approximate surface area is 193 Å². The summed E-state index contributed by atoms with van der Waals surface area (Å²) < 4.78 is 36.1. The molecule has 9 heteroatoms. The van der Waals surface area contributed by atoms with Crippen molar-refractivity contribution in [2.24, 2.45) is 0 Å². The van der Waals surface area contributed by atoms with Crippen molar-refractivity contribution >= 4 is 34.1 Å². The molecule has 33 heavy (non-hydrogen) atoms. The first-order valence-corrected chi connectivity index (χ1v) is 10.8. The second-order valence-corrected chi connectivity index (χ2v) is 8.62. The maximum Gasteiger partial charge on any atom is 0.246 e. The Morgan fingerprint density at radius 1 is 1.33 bits per heavy atom. The predicted molar refractivity (Wildman–Crippen MR) is 122 cm³/mol. The molecule has 170 valence electrons. The van der Waals surface area contributed by atoms with E-state index >= 15 is 4.39 Å². The van der Waals surface area contributed by atoms with Gasteiger partial charge in [-0.1, -0.05) is 24.2 Å². The van der Waals surface area contributed by atoms with Gasteiger partial charge in [0.25, 0.3) is 0 Å². The minimum atomic E-state index is -0.837. The number of hydrogen-bond donors (Lipinski definition) is 1. The number of aromatic nitrogens is 1. The van der Waals surface area contributed by atoms with Gasteiger partial charge in [0.2, 0.25) is 5.91 Å². The summed E-state index contributed by atoms with van der Waals surface area (Å²) in [6.45, 7) is 6.76. The molecule has 0 saturated carbocycles. The standard InChI is InChI=1S/C24H20ClF2N3O3/c1-3-19(32)29-10-13-11-33-18-8-28-23-14(24(18)30(13)9-12(29)2)7-15(25)20(22(23)27)21-16(26)5-4-6-17(21)31/h3-8,12-13,31H,1,9-11H2,2H3/t12-,13-/m1/s1. The van der Waals surface area contributed by atoms with Gasteiger partial charge in [-0.25, -0.2) is 13.8 Å². The summed E-state index contributed by atoms with van der Waals surface area (Å²) in [4.78, 5) is 20.3. The fraction of sp³-hybridized carbons (Fsp3) is 0.250. The molecule has 1 aromatic heterocycles. The monoisotopic (exact) mass is 471 g/mol. The number of ether oxygens (including phenoxy) is 1. The molecular formula is C24H20ClF2N3O3. The quantitative estimate of drug-likeness (QED) is 0.556. The molecule has 2 aliphatic rings. The number of pyridine rings is 1. The van der Waals surface area contributed by atoms with Crippen molar-refractivity contribution in [1.82, 2.24) is 9.88 Å². The van der Waals surface area contributed by atoms with E-state index in [9.17, 15) is 14.3 Å². The normalized spacial score (nSPS) is 19.6. The van der Waals surface area contributed by atoms with Crippen LogP contribution in [0.3, 0.4) is 0 Å². The number of benzene rings is 2. The van der Waals surface area contributed by atoms with Gasteiger partial charge in [0.1, 0.15) is 23.7 Å². The predicted octanol–water partition coefficient (Wildman–Crippen LogP) is 4.52. The molecule has 1 fully saturated rings. The molecule has 3 aromatic rings. The highest BCUT2D eigenvalue weighted by Crippen LogP contribution is 2.46. The molecule has 3 heterocycles. The van der Waals surface area contributed by atoms with Crippen molar-refractivity contribution in [3.05, 3.63) is 59.8 Å². The number of anilines is 1. The molecular weight excluding hydrogens is 452 g/mol. The zero-order valence-electron chi connectivity index (χ0n) is 17.7. The number of carbonyl (C=O) groups excluding carboxylic acids is 1. The van der Waals surface area contributed by atoms with Gasteiger partial charge < -0.3 is 19.6 Å². The lowest BCUT2D eigenvalue weighted by Gasteiger charge is -2.48. The maximum atomic E-state index is 15.7. The lowest BCUT2D eigenvalue weighted by atomic mass is 9.98. The second kappa shape index (κ2) is 7.88. The van der Waals surface area contributed by atoms with E-state index in [0.29, 0.717) is 36.5 Å². The van der Waals surface area contributed by atoms with Crippen LogP contribution in [0.1, 0.15) is 6.92 Å². The van der Waals surface area contributed by atoms with Gasteiger partial charge in [-0.05, 0) is 31.2 Å². The van der Waals surface area contributed by atoms with Crippen LogP contribution < -0.4 is 9.64 Å². The Bertz CT molecular complexity index is 1300. The van der Waals surface area contributed by atoms with E-state index in [4.69, 9.17) is 16.3 Å². The van der Waals surface area contributed by atoms with Gasteiger partial charge in [-0.15, -0.1) is 0 Å². The molecule has 0 spiro atoms. The summed E-state index contributed by atoms with van der Waals surface area (Å²) in [5.41, 5.74) is 0.0344. The molecule has 0 bridgehead atoms. The zero-order valence-corrected chi connectivity index (χ0v) is 18.4. The Morgan fingerprint density at radius 3 is 2.85 bits per heavy atom. The van der Waals surface area contributed by atoms with E-state index in [0.717, 1.165) is 6.07 Å². The molecule has 1 N–H and O–H groups in total. The summed E-state index contributed by atoms with van der Waals surface area (Å²) in [5, 5.41) is 10.5. The van der Waals surface area contributed by atoms with Crippen LogP contribution in [-0.4, -0.2) is 52.7 Å². The number of carbonyl (C=O) groups is 1. The van der Waals surface area contributed by atoms with Crippen LogP contribution in [0.25, 0.3) is 22.0 Å². The van der Waals surface area contributed by atoms with Gasteiger partial charge in [-0.2, -0.15) is 0 Å². The van der Waals surface area contributed by atoms with Gasteiger partial charge >= 0.3 is 0 Å². The average molecular weight is 472 g/mol. The lowest BCUT2D eigenvalue weighted by Crippen LogP contribution is -2.61. The number of amides is 1. The third kappa shape index (κ3) is 3.28. The van der Waals surface area contributed by atoms with Gasteiger partial charge in [0.15, 0.2) is 11.6 Å². The van der Waals surface area contributed by atoms with Crippen LogP contribution in [0.2, 0.25) is 5.02 Å². The Balaban J connectivity index is 1.67. The smallest absolute Gasteiger partial charge is 0.246 e. The minimum Gasteiger partial charge on any atom is -0.507 e. The number of aromatic hydroxyl groups is 1. The average Bonchev–Trinajstić information content (AvgIpc) is 2.79. The van der Waals surface area contributed by atoms with E-state index in [1.54, 1.807) is 4.90 Å². The summed E-state index contributed by atoms with van der Waals surface area (Å²) in [7, 11) is 0. The number of piperazine rings is 1. The van der Waals surface area contributed by atoms with Crippen LogP contribution in [0.5, 0.6) is 11.5 Å². The first-order valence-electron chi connectivity index (χ1n) is 10.4. The van der Waals surface area contributed by atoms with E-state index in [1.165, 1.54) is 30.5 Å². The molecule has 1 saturated heterocycles. The third-order valence-corrected chi connectivity index (χ3v) is 6.55. The molecule has 0 unspecified atom stereocenters. The summed E-state index contributed by atoms with van der Waals surface area (Å²) in [6, 6.07) is 4.97. The highest BCUT2D eigenvalue weighted by Gasteiger charge is 2.39. The van der Waals surface area contributed by atoms with Crippen molar-refractivity contribution in [3.8, 4) is 22.6 Å². The fourth-order valence-corrected chi connectivity index (χ4v) is 4.98. The number of hydrogen-bond acceptors (Lipinski definition) is 5. The molecule has 5 rings (SSSR count). The number of phenolic OH excluding ortho intramolecular Hbond substituents is 1. The van der Waals surface area contributed by atoms with Crippen LogP contribution in [0.4, 0.5) is 14.5 Å². The Kier molecular flexibility index (Phi) is 5.12. The first kappa shape index (κ1) is 21.5. The number of fused-ring (bicyclic) bond motifs is 5. The van der Waals surface area contributed by atoms with Crippen molar-refractivity contribution < 1.29 is 23.4 Å². The van der Waals surface area contributed by atoms with Crippen LogP contribution in [-0.2, 0) is 4.79 Å². The molecule has 2 aromatic carbocycles.